The van der Waals surface area contributed by atoms with E-state index in [-0.39, 0.29) is 13.2 Å². The van der Waals surface area contributed by atoms with Gasteiger partial charge in [0.25, 0.3) is 0 Å². The Morgan fingerprint density at radius 1 is 0.889 bits per heavy atom. The van der Waals surface area contributed by atoms with Crippen molar-refractivity contribution in [3.8, 4) is 0 Å². The molecule has 0 bridgehead atoms. The van der Waals surface area contributed by atoms with Gasteiger partial charge in [-0.15, -0.1) is 0 Å². The number of hydrogen-bond donors (Lipinski definition) is 2. The Kier molecular flexibility index (Phi) is 11.1. The van der Waals surface area contributed by atoms with Gasteiger partial charge in [0.2, 0.25) is 0 Å². The lowest BCUT2D eigenvalue weighted by Gasteiger charge is -2.28. The van der Waals surface area contributed by atoms with Crippen molar-refractivity contribution in [2.75, 3.05) is 25.5 Å². The monoisotopic (exact) mass is 278 g/mol. The molecule has 0 fully saturated rings. The van der Waals surface area contributed by atoms with Crippen LogP contribution in [0.25, 0.3) is 0 Å². The van der Waals surface area contributed by atoms with E-state index in [1.165, 1.54) is 0 Å². The van der Waals surface area contributed by atoms with Gasteiger partial charge in [-0.25, -0.2) is 0 Å². The Morgan fingerprint density at radius 2 is 1.44 bits per heavy atom. The van der Waals surface area contributed by atoms with E-state index in [9.17, 15) is 4.57 Å². The highest BCUT2D eigenvalue weighted by Gasteiger charge is 2.30. The first-order chi connectivity index (χ1) is 8.64. The van der Waals surface area contributed by atoms with E-state index < -0.39 is 7.14 Å². The molecule has 0 amide bonds. The molecule has 4 heteroatoms. The zero-order chi connectivity index (χ0) is 13.9. The van der Waals surface area contributed by atoms with Crippen molar-refractivity contribution >= 4 is 7.14 Å². The van der Waals surface area contributed by atoms with Crippen molar-refractivity contribution in [3.63, 3.8) is 0 Å². The van der Waals surface area contributed by atoms with Gasteiger partial charge in [-0.05, 0) is 25.7 Å². The third kappa shape index (κ3) is 6.92. The summed E-state index contributed by atoms with van der Waals surface area (Å²) in [6.45, 7) is 4.54. The van der Waals surface area contributed by atoms with Crippen molar-refractivity contribution in [3.05, 3.63) is 0 Å². The minimum atomic E-state index is -2.23. The van der Waals surface area contributed by atoms with E-state index in [0.717, 1.165) is 32.1 Å². The van der Waals surface area contributed by atoms with Crippen molar-refractivity contribution < 1.29 is 14.8 Å². The molecule has 3 nitrogen and oxygen atoms in total. The van der Waals surface area contributed by atoms with E-state index in [2.05, 4.69) is 13.8 Å². The molecule has 1 unspecified atom stereocenters. The highest BCUT2D eigenvalue weighted by Crippen LogP contribution is 2.55. The van der Waals surface area contributed by atoms with Crippen molar-refractivity contribution in [1.29, 1.82) is 0 Å². The predicted octanol–water partition coefficient (Wildman–Crippen LogP) is 3.47. The normalized spacial score (nSPS) is 13.8. The fourth-order valence-electron chi connectivity index (χ4n) is 2.54. The van der Waals surface area contributed by atoms with Gasteiger partial charge in [-0.2, -0.15) is 0 Å². The summed E-state index contributed by atoms with van der Waals surface area (Å²) in [6, 6.07) is 0. The lowest BCUT2D eigenvalue weighted by Crippen LogP contribution is -2.15. The zero-order valence-electron chi connectivity index (χ0n) is 12.1. The molecule has 0 aliphatic rings. The lowest BCUT2D eigenvalue weighted by molar-refractivity contribution is 0.292. The number of hydrogen-bond acceptors (Lipinski definition) is 3. The van der Waals surface area contributed by atoms with Gasteiger partial charge < -0.3 is 14.8 Å². The fourth-order valence-corrected chi connectivity index (χ4v) is 6.23. The molecule has 18 heavy (non-hydrogen) atoms. The van der Waals surface area contributed by atoms with Crippen molar-refractivity contribution in [2.45, 2.75) is 64.5 Å². The second-order valence-electron chi connectivity index (χ2n) is 5.14. The molecule has 2 N–H and O–H groups in total. The molecule has 0 aliphatic heterocycles. The largest absolute Gasteiger partial charge is 0.396 e. The topological polar surface area (TPSA) is 57.5 Å². The highest BCUT2D eigenvalue weighted by atomic mass is 31.2. The van der Waals surface area contributed by atoms with Crippen molar-refractivity contribution in [2.24, 2.45) is 0 Å². The Balaban J connectivity index is 4.65. The SMILES string of the molecule is CCCCC(CCC)P(=O)(CCCO)CCCO. The first-order valence-corrected chi connectivity index (χ1v) is 9.58. The smallest absolute Gasteiger partial charge is 0.0908 e. The summed E-state index contributed by atoms with van der Waals surface area (Å²) in [5.41, 5.74) is 0.306. The van der Waals surface area contributed by atoms with Gasteiger partial charge in [0.05, 0.1) is 7.14 Å². The Hall–Kier alpha value is 0.150. The van der Waals surface area contributed by atoms with E-state index in [1.54, 1.807) is 0 Å². The molecule has 0 heterocycles. The zero-order valence-corrected chi connectivity index (χ0v) is 13.0. The van der Waals surface area contributed by atoms with Crippen LogP contribution in [0.1, 0.15) is 58.8 Å². The maximum absolute atomic E-state index is 13.1. The second kappa shape index (κ2) is 11.0. The highest BCUT2D eigenvalue weighted by molar-refractivity contribution is 7.64. The molecule has 0 aromatic rings. The fraction of sp³-hybridized carbons (Fsp3) is 1.00. The Morgan fingerprint density at radius 3 is 1.83 bits per heavy atom. The average molecular weight is 278 g/mol. The van der Waals surface area contributed by atoms with E-state index in [0.29, 0.717) is 30.8 Å². The predicted molar refractivity (Wildman–Crippen MR) is 79.0 cm³/mol. The van der Waals surface area contributed by atoms with Gasteiger partial charge in [-0.3, -0.25) is 0 Å². The minimum Gasteiger partial charge on any atom is -0.396 e. The maximum Gasteiger partial charge on any atom is 0.0908 e. The molecular formula is C14H31O3P. The van der Waals surface area contributed by atoms with Gasteiger partial charge in [0, 0.05) is 31.2 Å². The first kappa shape index (κ1) is 18.1. The lowest BCUT2D eigenvalue weighted by atomic mass is 10.1. The second-order valence-corrected chi connectivity index (χ2v) is 8.67. The Labute approximate surface area is 112 Å². The molecule has 0 aromatic heterocycles. The van der Waals surface area contributed by atoms with Crippen LogP contribution in [0.3, 0.4) is 0 Å². The van der Waals surface area contributed by atoms with Gasteiger partial charge in [-0.1, -0.05) is 33.1 Å². The van der Waals surface area contributed by atoms with Crippen LogP contribution in [0, 0.1) is 0 Å². The van der Waals surface area contributed by atoms with E-state index >= 15 is 0 Å². The molecule has 0 spiro atoms. The van der Waals surface area contributed by atoms with E-state index in [1.807, 2.05) is 0 Å². The van der Waals surface area contributed by atoms with Crippen LogP contribution >= 0.6 is 7.14 Å². The average Bonchev–Trinajstić information content (AvgIpc) is 2.38. The molecule has 0 radical (unpaired) electrons. The summed E-state index contributed by atoms with van der Waals surface area (Å²) < 4.78 is 13.1. The van der Waals surface area contributed by atoms with Crippen LogP contribution < -0.4 is 0 Å². The first-order valence-electron chi connectivity index (χ1n) is 7.44. The quantitative estimate of drug-likeness (QED) is 0.537. The number of aliphatic hydroxyl groups is 2. The van der Waals surface area contributed by atoms with Crippen LogP contribution in [-0.2, 0) is 4.57 Å². The van der Waals surface area contributed by atoms with Crippen LogP contribution in [0.4, 0.5) is 0 Å². The van der Waals surface area contributed by atoms with Gasteiger partial charge >= 0.3 is 0 Å². The third-order valence-electron chi connectivity index (χ3n) is 3.57. The van der Waals surface area contributed by atoms with Crippen LogP contribution in [0.5, 0.6) is 0 Å². The van der Waals surface area contributed by atoms with E-state index in [4.69, 9.17) is 10.2 Å². The summed E-state index contributed by atoms with van der Waals surface area (Å²) in [5, 5.41) is 17.9. The summed E-state index contributed by atoms with van der Waals surface area (Å²) in [7, 11) is -2.23. The standard InChI is InChI=1S/C14H31O3P/c1-3-5-9-14(8-4-2)18(17,12-6-10-15)13-7-11-16/h14-16H,3-13H2,1-2H3. The third-order valence-corrected chi connectivity index (χ3v) is 7.56. The molecule has 0 saturated heterocycles. The minimum absolute atomic E-state index is 0.121. The molecule has 1 atom stereocenters. The molecule has 0 rings (SSSR count). The molecule has 0 aliphatic carbocycles. The molecule has 0 saturated carbocycles. The van der Waals surface area contributed by atoms with Crippen LogP contribution in [0.2, 0.25) is 0 Å². The molecule has 0 aromatic carbocycles. The number of rotatable bonds is 12. The Bertz CT molecular complexity index is 219. The number of aliphatic hydroxyl groups excluding tert-OH is 2. The van der Waals surface area contributed by atoms with Gasteiger partial charge in [0.15, 0.2) is 0 Å². The number of unbranched alkanes of at least 4 members (excludes halogenated alkanes) is 1. The summed E-state index contributed by atoms with van der Waals surface area (Å²) >= 11 is 0. The summed E-state index contributed by atoms with van der Waals surface area (Å²) in [5.74, 6) is 0. The van der Waals surface area contributed by atoms with Crippen molar-refractivity contribution in [1.82, 2.24) is 0 Å². The molecular weight excluding hydrogens is 247 g/mol. The van der Waals surface area contributed by atoms with Crippen LogP contribution in [-0.4, -0.2) is 41.4 Å². The summed E-state index contributed by atoms with van der Waals surface area (Å²) in [4.78, 5) is 0. The molecule has 110 valence electrons. The maximum atomic E-state index is 13.1. The summed E-state index contributed by atoms with van der Waals surface area (Å²) in [6.07, 6.45) is 7.97. The van der Waals surface area contributed by atoms with Crippen LogP contribution in [0.15, 0.2) is 0 Å². The van der Waals surface area contributed by atoms with Gasteiger partial charge in [0.1, 0.15) is 0 Å².